The highest BCUT2D eigenvalue weighted by Crippen LogP contribution is 2.01. The van der Waals surface area contributed by atoms with Gasteiger partial charge in [0, 0.05) is 5.75 Å². The van der Waals surface area contributed by atoms with Gasteiger partial charge in [-0.1, -0.05) is 0 Å². The summed E-state index contributed by atoms with van der Waals surface area (Å²) in [7, 11) is 0. The number of aliphatic hydroxyl groups is 1. The normalized spacial score (nSPS) is 17.1. The van der Waals surface area contributed by atoms with Crippen LogP contribution in [0.15, 0.2) is 0 Å². The molecule has 7 nitrogen and oxygen atoms in total. The van der Waals surface area contributed by atoms with Crippen LogP contribution in [0.3, 0.4) is 0 Å². The topological polar surface area (TPSA) is 133 Å². The summed E-state index contributed by atoms with van der Waals surface area (Å²) in [6.07, 6.45) is 0. The molecular formula is C6H12N2O5S. The molecule has 0 aliphatic rings. The van der Waals surface area contributed by atoms with Gasteiger partial charge in [-0.05, 0) is 0 Å². The quantitative estimate of drug-likeness (QED) is 0.220. The fraction of sp³-hybridized carbons (Fsp3) is 0.667. The molecule has 0 bridgehead atoms. The molecule has 0 aliphatic carbocycles. The fourth-order valence-corrected chi connectivity index (χ4v) is 0.898. The number of carboxylic acid groups (broad SMARTS) is 2. The first-order chi connectivity index (χ1) is 6.37. The van der Waals surface area contributed by atoms with Crippen molar-refractivity contribution in [2.45, 2.75) is 11.7 Å². The van der Waals surface area contributed by atoms with Crippen molar-refractivity contribution >= 4 is 24.6 Å². The maximum Gasteiger partial charge on any atom is 0.339 e. The van der Waals surface area contributed by atoms with E-state index in [4.69, 9.17) is 21.1 Å². The van der Waals surface area contributed by atoms with E-state index in [-0.39, 0.29) is 5.75 Å². The van der Waals surface area contributed by atoms with E-state index in [0.717, 1.165) is 0 Å². The molecule has 0 radical (unpaired) electrons. The number of nitrogens with two attached hydrogens (primary N) is 1. The Balaban J connectivity index is 4.58. The number of rotatable bonds is 6. The molecule has 0 spiro atoms. The van der Waals surface area contributed by atoms with Crippen LogP contribution in [0, 0.1) is 0 Å². The van der Waals surface area contributed by atoms with Crippen LogP contribution in [0.5, 0.6) is 0 Å². The minimum atomic E-state index is -1.96. The van der Waals surface area contributed by atoms with Gasteiger partial charge in [-0.2, -0.15) is 12.6 Å². The van der Waals surface area contributed by atoms with Gasteiger partial charge in [0.1, 0.15) is 6.04 Å². The highest BCUT2D eigenvalue weighted by atomic mass is 32.1. The van der Waals surface area contributed by atoms with Gasteiger partial charge in [-0.3, -0.25) is 10.1 Å². The van der Waals surface area contributed by atoms with Crippen LogP contribution in [0.2, 0.25) is 0 Å². The SMILES string of the molecule is N[C@](CS)(N[C@@H](CO)C(=O)O)C(=O)O. The molecule has 0 aromatic carbocycles. The lowest BCUT2D eigenvalue weighted by Crippen LogP contribution is -2.66. The van der Waals surface area contributed by atoms with Gasteiger partial charge >= 0.3 is 11.9 Å². The van der Waals surface area contributed by atoms with Crippen LogP contribution in [0.25, 0.3) is 0 Å². The molecule has 82 valence electrons. The molecule has 0 saturated carbocycles. The van der Waals surface area contributed by atoms with E-state index in [0.29, 0.717) is 0 Å². The van der Waals surface area contributed by atoms with Gasteiger partial charge in [0.2, 0.25) is 0 Å². The second kappa shape index (κ2) is 5.15. The standard InChI is InChI=1S/C6H12N2O5S/c7-6(2-14,5(12)13)8-3(1-9)4(10)11/h3,8-9,14H,1-2,7H2,(H,10,11)(H,12,13)/t3-,6+/m0/s1. The molecule has 0 fully saturated rings. The Labute approximate surface area is 85.3 Å². The average Bonchev–Trinajstić information content (AvgIpc) is 2.12. The molecule has 0 amide bonds. The van der Waals surface area contributed by atoms with Gasteiger partial charge in [-0.15, -0.1) is 0 Å². The van der Waals surface area contributed by atoms with E-state index < -0.39 is 30.3 Å². The number of carboxylic acids is 2. The van der Waals surface area contributed by atoms with E-state index >= 15 is 0 Å². The predicted octanol–water partition coefficient (Wildman–Crippen LogP) is -2.31. The molecule has 2 atom stereocenters. The number of nitrogens with one attached hydrogen (secondary N) is 1. The summed E-state index contributed by atoms with van der Waals surface area (Å²) in [5.41, 5.74) is 3.33. The van der Waals surface area contributed by atoms with Crippen LogP contribution in [0.4, 0.5) is 0 Å². The molecule has 0 heterocycles. The predicted molar refractivity (Wildman–Crippen MR) is 50.1 cm³/mol. The molecule has 0 unspecified atom stereocenters. The minimum Gasteiger partial charge on any atom is -0.480 e. The number of hydrogen-bond acceptors (Lipinski definition) is 6. The number of aliphatic hydroxyl groups excluding tert-OH is 1. The van der Waals surface area contributed by atoms with Crippen molar-refractivity contribution < 1.29 is 24.9 Å². The van der Waals surface area contributed by atoms with Crippen LogP contribution in [-0.4, -0.2) is 51.3 Å². The lowest BCUT2D eigenvalue weighted by molar-refractivity contribution is -0.146. The van der Waals surface area contributed by atoms with Crippen molar-refractivity contribution in [3.8, 4) is 0 Å². The van der Waals surface area contributed by atoms with Crippen LogP contribution in [-0.2, 0) is 9.59 Å². The summed E-state index contributed by atoms with van der Waals surface area (Å²) in [4.78, 5) is 21.1. The molecule has 0 aromatic rings. The lowest BCUT2D eigenvalue weighted by Gasteiger charge is -2.26. The van der Waals surface area contributed by atoms with Crippen LogP contribution in [0.1, 0.15) is 0 Å². The van der Waals surface area contributed by atoms with Crippen LogP contribution < -0.4 is 11.1 Å². The maximum atomic E-state index is 10.6. The highest BCUT2D eigenvalue weighted by molar-refractivity contribution is 7.80. The second-order valence-electron chi connectivity index (χ2n) is 2.65. The molecule has 8 heteroatoms. The van der Waals surface area contributed by atoms with Gasteiger partial charge < -0.3 is 21.1 Å². The third kappa shape index (κ3) is 3.14. The van der Waals surface area contributed by atoms with Crippen molar-refractivity contribution in [3.05, 3.63) is 0 Å². The van der Waals surface area contributed by atoms with E-state index in [1.54, 1.807) is 0 Å². The van der Waals surface area contributed by atoms with Crippen LogP contribution >= 0.6 is 12.6 Å². The van der Waals surface area contributed by atoms with Gasteiger partial charge in [0.05, 0.1) is 6.61 Å². The Morgan fingerprint density at radius 1 is 1.50 bits per heavy atom. The lowest BCUT2D eigenvalue weighted by atomic mass is 10.1. The van der Waals surface area contributed by atoms with Crippen molar-refractivity contribution in [2.24, 2.45) is 5.73 Å². The molecule has 6 N–H and O–H groups in total. The molecular weight excluding hydrogens is 212 g/mol. The summed E-state index contributed by atoms with van der Waals surface area (Å²) < 4.78 is 0. The Morgan fingerprint density at radius 3 is 2.21 bits per heavy atom. The zero-order chi connectivity index (χ0) is 11.4. The minimum absolute atomic E-state index is 0.299. The first-order valence-electron chi connectivity index (χ1n) is 3.62. The zero-order valence-electron chi connectivity index (χ0n) is 7.17. The fourth-order valence-electron chi connectivity index (χ4n) is 0.671. The molecule has 0 saturated heterocycles. The Hall–Kier alpha value is -0.830. The summed E-state index contributed by atoms with van der Waals surface area (Å²) in [5, 5.41) is 27.9. The number of carbonyl (C=O) groups is 2. The largest absolute Gasteiger partial charge is 0.480 e. The average molecular weight is 224 g/mol. The van der Waals surface area contributed by atoms with E-state index in [9.17, 15) is 9.59 Å². The van der Waals surface area contributed by atoms with E-state index in [2.05, 4.69) is 17.9 Å². The van der Waals surface area contributed by atoms with Crippen molar-refractivity contribution in [2.75, 3.05) is 12.4 Å². The van der Waals surface area contributed by atoms with Crippen molar-refractivity contribution in [1.29, 1.82) is 0 Å². The molecule has 0 aromatic heterocycles. The molecule has 14 heavy (non-hydrogen) atoms. The summed E-state index contributed by atoms with van der Waals surface area (Å²) in [6.45, 7) is -0.755. The Bertz CT molecular complexity index is 236. The number of aliphatic carboxylic acids is 2. The molecule has 0 rings (SSSR count). The summed E-state index contributed by atoms with van der Waals surface area (Å²) in [6, 6.07) is -1.43. The van der Waals surface area contributed by atoms with Gasteiger partial charge in [0.15, 0.2) is 5.66 Å². The monoisotopic (exact) mass is 224 g/mol. The highest BCUT2D eigenvalue weighted by Gasteiger charge is 2.36. The van der Waals surface area contributed by atoms with Gasteiger partial charge in [-0.25, -0.2) is 4.79 Å². The second-order valence-corrected chi connectivity index (χ2v) is 2.97. The third-order valence-electron chi connectivity index (χ3n) is 1.54. The van der Waals surface area contributed by atoms with E-state index in [1.807, 2.05) is 0 Å². The smallest absolute Gasteiger partial charge is 0.339 e. The van der Waals surface area contributed by atoms with E-state index in [1.165, 1.54) is 0 Å². The first-order valence-corrected chi connectivity index (χ1v) is 4.25. The zero-order valence-corrected chi connectivity index (χ0v) is 8.07. The third-order valence-corrected chi connectivity index (χ3v) is 2.04. The number of hydrogen-bond donors (Lipinski definition) is 6. The Morgan fingerprint density at radius 2 is 2.00 bits per heavy atom. The van der Waals surface area contributed by atoms with Gasteiger partial charge in [0.25, 0.3) is 0 Å². The van der Waals surface area contributed by atoms with Crippen molar-refractivity contribution in [1.82, 2.24) is 5.32 Å². The maximum absolute atomic E-state index is 10.6. The first kappa shape index (κ1) is 13.2. The summed E-state index contributed by atoms with van der Waals surface area (Å²) >= 11 is 3.68. The number of thiol groups is 1. The summed E-state index contributed by atoms with van der Waals surface area (Å²) in [5.74, 6) is -3.12. The molecule has 0 aliphatic heterocycles. The van der Waals surface area contributed by atoms with Crippen molar-refractivity contribution in [3.63, 3.8) is 0 Å². The Kier molecular flexibility index (Phi) is 4.85.